The van der Waals surface area contributed by atoms with E-state index in [1.165, 1.54) is 0 Å². The van der Waals surface area contributed by atoms with Crippen LogP contribution < -0.4 is 10.6 Å². The number of ether oxygens (including phenoxy) is 1. The summed E-state index contributed by atoms with van der Waals surface area (Å²) in [5, 5.41) is 14.7. The van der Waals surface area contributed by atoms with E-state index in [0.717, 1.165) is 0 Å². The molecule has 90 valence electrons. The molecule has 0 aromatic carbocycles. The van der Waals surface area contributed by atoms with Crippen molar-refractivity contribution < 1.29 is 14.6 Å². The Kier molecular flexibility index (Phi) is 8.27. The highest BCUT2D eigenvalue weighted by molar-refractivity contribution is 5.77. The molecule has 0 rings (SSSR count). The van der Waals surface area contributed by atoms with E-state index < -0.39 is 6.10 Å². The van der Waals surface area contributed by atoms with Gasteiger partial charge < -0.3 is 20.5 Å². The largest absolute Gasteiger partial charge is 0.389 e. The standard InChI is InChI=1S/C10H22N2O3/c1-8(2)6-15-7-9(13)4-12-10(14)5-11-3/h8-9,11,13H,4-7H2,1-3H3,(H,12,14). The molecule has 0 aliphatic carbocycles. The molecule has 1 atom stereocenters. The lowest BCUT2D eigenvalue weighted by Crippen LogP contribution is -2.38. The van der Waals surface area contributed by atoms with Crippen LogP contribution in [0.25, 0.3) is 0 Å². The van der Waals surface area contributed by atoms with Crippen LogP contribution in [0.2, 0.25) is 0 Å². The summed E-state index contributed by atoms with van der Waals surface area (Å²) in [6.45, 7) is 5.47. The van der Waals surface area contributed by atoms with Gasteiger partial charge in [0.05, 0.1) is 19.3 Å². The molecule has 0 saturated heterocycles. The maximum absolute atomic E-state index is 11.0. The molecule has 0 heterocycles. The minimum Gasteiger partial charge on any atom is -0.389 e. The molecule has 0 aromatic heterocycles. The van der Waals surface area contributed by atoms with Crippen molar-refractivity contribution in [1.82, 2.24) is 10.6 Å². The first-order chi connectivity index (χ1) is 7.06. The monoisotopic (exact) mass is 218 g/mol. The molecule has 0 saturated carbocycles. The number of rotatable bonds is 8. The predicted molar refractivity (Wildman–Crippen MR) is 58.6 cm³/mol. The molecular formula is C10H22N2O3. The van der Waals surface area contributed by atoms with Crippen molar-refractivity contribution in [3.63, 3.8) is 0 Å². The molecule has 0 bridgehead atoms. The fourth-order valence-corrected chi connectivity index (χ4v) is 0.953. The SMILES string of the molecule is CNCC(=O)NCC(O)COCC(C)C. The van der Waals surface area contributed by atoms with Gasteiger partial charge in [0.1, 0.15) is 0 Å². The van der Waals surface area contributed by atoms with Gasteiger partial charge in [-0.1, -0.05) is 13.8 Å². The highest BCUT2D eigenvalue weighted by Crippen LogP contribution is 1.93. The molecule has 15 heavy (non-hydrogen) atoms. The predicted octanol–water partition coefficient (Wildman–Crippen LogP) is -0.644. The molecular weight excluding hydrogens is 196 g/mol. The number of hydrogen-bond donors (Lipinski definition) is 3. The number of aliphatic hydroxyl groups is 1. The average Bonchev–Trinajstić information content (AvgIpc) is 2.14. The molecule has 5 nitrogen and oxygen atoms in total. The van der Waals surface area contributed by atoms with E-state index >= 15 is 0 Å². The summed E-state index contributed by atoms with van der Waals surface area (Å²) in [4.78, 5) is 11.0. The summed E-state index contributed by atoms with van der Waals surface area (Å²) in [5.41, 5.74) is 0. The number of likely N-dealkylation sites (N-methyl/N-ethyl adjacent to an activating group) is 1. The van der Waals surface area contributed by atoms with Crippen molar-refractivity contribution in [3.05, 3.63) is 0 Å². The lowest BCUT2D eigenvalue weighted by Gasteiger charge is -2.13. The Bertz CT molecular complexity index is 174. The fraction of sp³-hybridized carbons (Fsp3) is 0.900. The first kappa shape index (κ1) is 14.3. The second-order valence-electron chi connectivity index (χ2n) is 3.92. The zero-order chi connectivity index (χ0) is 11.7. The summed E-state index contributed by atoms with van der Waals surface area (Å²) in [5.74, 6) is 0.330. The van der Waals surface area contributed by atoms with E-state index in [-0.39, 0.29) is 25.6 Å². The van der Waals surface area contributed by atoms with Crippen molar-refractivity contribution in [2.24, 2.45) is 5.92 Å². The Morgan fingerprint density at radius 3 is 2.60 bits per heavy atom. The third kappa shape index (κ3) is 9.65. The summed E-state index contributed by atoms with van der Waals surface area (Å²) in [6, 6.07) is 0. The van der Waals surface area contributed by atoms with Gasteiger partial charge in [0.25, 0.3) is 0 Å². The summed E-state index contributed by atoms with van der Waals surface area (Å²) in [6.07, 6.45) is -0.635. The van der Waals surface area contributed by atoms with Crippen LogP contribution in [-0.4, -0.2) is 50.5 Å². The van der Waals surface area contributed by atoms with E-state index in [4.69, 9.17) is 4.74 Å². The van der Waals surface area contributed by atoms with E-state index in [1.54, 1.807) is 7.05 Å². The number of nitrogens with one attached hydrogen (secondary N) is 2. The molecule has 0 aliphatic rings. The van der Waals surface area contributed by atoms with Crippen LogP contribution in [0.3, 0.4) is 0 Å². The smallest absolute Gasteiger partial charge is 0.234 e. The highest BCUT2D eigenvalue weighted by atomic mass is 16.5. The molecule has 1 unspecified atom stereocenters. The van der Waals surface area contributed by atoms with Crippen molar-refractivity contribution in [2.45, 2.75) is 20.0 Å². The lowest BCUT2D eigenvalue weighted by atomic mass is 10.2. The second kappa shape index (κ2) is 8.64. The molecule has 0 radical (unpaired) electrons. The minimum atomic E-state index is -0.635. The number of aliphatic hydroxyl groups excluding tert-OH is 1. The van der Waals surface area contributed by atoms with E-state index in [9.17, 15) is 9.90 Å². The average molecular weight is 218 g/mol. The first-order valence-electron chi connectivity index (χ1n) is 5.23. The first-order valence-corrected chi connectivity index (χ1v) is 5.23. The van der Waals surface area contributed by atoms with Gasteiger partial charge in [0.15, 0.2) is 0 Å². The van der Waals surface area contributed by atoms with Gasteiger partial charge in [-0.05, 0) is 13.0 Å². The van der Waals surface area contributed by atoms with Gasteiger partial charge in [-0.2, -0.15) is 0 Å². The van der Waals surface area contributed by atoms with Crippen molar-refractivity contribution in [3.8, 4) is 0 Å². The molecule has 0 fully saturated rings. The zero-order valence-electron chi connectivity index (χ0n) is 9.75. The van der Waals surface area contributed by atoms with Crippen LogP contribution in [-0.2, 0) is 9.53 Å². The van der Waals surface area contributed by atoms with Crippen molar-refractivity contribution in [2.75, 3.05) is 33.4 Å². The topological polar surface area (TPSA) is 70.6 Å². The fourth-order valence-electron chi connectivity index (χ4n) is 0.953. The number of carbonyl (C=O) groups is 1. The van der Waals surface area contributed by atoms with Crippen LogP contribution in [0.4, 0.5) is 0 Å². The Hall–Kier alpha value is -0.650. The normalized spacial score (nSPS) is 12.9. The molecule has 3 N–H and O–H groups in total. The Morgan fingerprint density at radius 2 is 2.07 bits per heavy atom. The lowest BCUT2D eigenvalue weighted by molar-refractivity contribution is -0.120. The minimum absolute atomic E-state index is 0.125. The molecule has 0 aliphatic heterocycles. The number of carbonyl (C=O) groups excluding carboxylic acids is 1. The van der Waals surface area contributed by atoms with Crippen molar-refractivity contribution >= 4 is 5.91 Å². The van der Waals surface area contributed by atoms with Gasteiger partial charge in [-0.25, -0.2) is 0 Å². The third-order valence-corrected chi connectivity index (χ3v) is 1.63. The summed E-state index contributed by atoms with van der Waals surface area (Å²) < 4.78 is 5.23. The number of hydrogen-bond acceptors (Lipinski definition) is 4. The van der Waals surface area contributed by atoms with Crippen LogP contribution in [0.5, 0.6) is 0 Å². The molecule has 0 aromatic rings. The van der Waals surface area contributed by atoms with Crippen LogP contribution in [0.1, 0.15) is 13.8 Å². The van der Waals surface area contributed by atoms with Gasteiger partial charge in [-0.15, -0.1) is 0 Å². The van der Waals surface area contributed by atoms with Gasteiger partial charge in [0.2, 0.25) is 5.91 Å². The van der Waals surface area contributed by atoms with Crippen molar-refractivity contribution in [1.29, 1.82) is 0 Å². The van der Waals surface area contributed by atoms with E-state index in [2.05, 4.69) is 10.6 Å². The van der Waals surface area contributed by atoms with Crippen LogP contribution in [0, 0.1) is 5.92 Å². The quantitative estimate of drug-likeness (QED) is 0.506. The van der Waals surface area contributed by atoms with Crippen LogP contribution >= 0.6 is 0 Å². The second-order valence-corrected chi connectivity index (χ2v) is 3.92. The molecule has 5 heteroatoms. The van der Waals surface area contributed by atoms with Gasteiger partial charge >= 0.3 is 0 Å². The number of amides is 1. The van der Waals surface area contributed by atoms with Gasteiger partial charge in [-0.3, -0.25) is 4.79 Å². The van der Waals surface area contributed by atoms with E-state index in [1.807, 2.05) is 13.8 Å². The van der Waals surface area contributed by atoms with Crippen LogP contribution in [0.15, 0.2) is 0 Å². The third-order valence-electron chi connectivity index (χ3n) is 1.63. The Balaban J connectivity index is 3.40. The Labute approximate surface area is 91.2 Å². The molecule has 0 spiro atoms. The molecule has 1 amide bonds. The summed E-state index contributed by atoms with van der Waals surface area (Å²) >= 11 is 0. The maximum Gasteiger partial charge on any atom is 0.234 e. The maximum atomic E-state index is 11.0. The Morgan fingerprint density at radius 1 is 1.40 bits per heavy atom. The highest BCUT2D eigenvalue weighted by Gasteiger charge is 2.06. The zero-order valence-corrected chi connectivity index (χ0v) is 9.75. The van der Waals surface area contributed by atoms with Gasteiger partial charge in [0, 0.05) is 13.2 Å². The summed E-state index contributed by atoms with van der Waals surface area (Å²) in [7, 11) is 1.70. The van der Waals surface area contributed by atoms with E-state index in [0.29, 0.717) is 12.5 Å².